The Morgan fingerprint density at radius 1 is 1.21 bits per heavy atom. The molecule has 0 bridgehead atoms. The zero-order valence-electron chi connectivity index (χ0n) is 14.4. The maximum Gasteiger partial charge on any atom is 0.248 e. The number of para-hydroxylation sites is 1. The largest absolute Gasteiger partial charge is 0.491 e. The number of nitrogens with two attached hydrogens (primary N) is 1. The summed E-state index contributed by atoms with van der Waals surface area (Å²) in [7, 11) is 0. The first-order valence-corrected chi connectivity index (χ1v) is 8.09. The number of anilines is 2. The molecule has 0 aliphatic rings. The lowest BCUT2D eigenvalue weighted by Gasteiger charge is -2.10. The summed E-state index contributed by atoms with van der Waals surface area (Å²) in [6.45, 7) is 6.63. The molecule has 1 amide bonds. The SMILES string of the molecule is CCCOc1ccc(/C=C\C(=O)Nc2c(C)cccc2C)cc1N. The number of nitrogen functional groups attached to an aromatic ring is 1. The molecule has 0 aromatic heterocycles. The van der Waals surface area contributed by atoms with Gasteiger partial charge < -0.3 is 15.8 Å². The number of rotatable bonds is 6. The molecule has 0 saturated carbocycles. The van der Waals surface area contributed by atoms with Gasteiger partial charge >= 0.3 is 0 Å². The topological polar surface area (TPSA) is 64.3 Å². The molecule has 4 heteroatoms. The fourth-order valence-corrected chi connectivity index (χ4v) is 2.36. The first-order valence-electron chi connectivity index (χ1n) is 8.09. The summed E-state index contributed by atoms with van der Waals surface area (Å²) in [6, 6.07) is 11.4. The number of amides is 1. The average molecular weight is 324 g/mol. The van der Waals surface area contributed by atoms with Crippen LogP contribution < -0.4 is 15.8 Å². The summed E-state index contributed by atoms with van der Waals surface area (Å²) >= 11 is 0. The van der Waals surface area contributed by atoms with Gasteiger partial charge in [0.1, 0.15) is 5.75 Å². The predicted molar refractivity (Wildman–Crippen MR) is 100 cm³/mol. The smallest absolute Gasteiger partial charge is 0.248 e. The van der Waals surface area contributed by atoms with Crippen molar-refractivity contribution in [1.82, 2.24) is 0 Å². The van der Waals surface area contributed by atoms with Crippen LogP contribution in [0.2, 0.25) is 0 Å². The molecule has 3 N–H and O–H groups in total. The number of benzene rings is 2. The highest BCUT2D eigenvalue weighted by Crippen LogP contribution is 2.23. The molecule has 24 heavy (non-hydrogen) atoms. The van der Waals surface area contributed by atoms with Crippen molar-refractivity contribution in [3.05, 3.63) is 59.2 Å². The van der Waals surface area contributed by atoms with Crippen LogP contribution in [-0.2, 0) is 4.79 Å². The summed E-state index contributed by atoms with van der Waals surface area (Å²) in [6.07, 6.45) is 4.18. The van der Waals surface area contributed by atoms with Crippen LogP contribution in [0.1, 0.15) is 30.0 Å². The molecule has 2 aromatic carbocycles. The third kappa shape index (κ3) is 4.62. The Labute approximate surface area is 143 Å². The van der Waals surface area contributed by atoms with Crippen LogP contribution >= 0.6 is 0 Å². The third-order valence-corrected chi connectivity index (χ3v) is 3.65. The van der Waals surface area contributed by atoms with Crippen molar-refractivity contribution in [3.8, 4) is 5.75 Å². The fraction of sp³-hybridized carbons (Fsp3) is 0.250. The Balaban J connectivity index is 2.05. The van der Waals surface area contributed by atoms with E-state index in [4.69, 9.17) is 10.5 Å². The van der Waals surface area contributed by atoms with Crippen LogP contribution in [0.4, 0.5) is 11.4 Å². The molecular formula is C20H24N2O2. The van der Waals surface area contributed by atoms with E-state index in [0.29, 0.717) is 18.0 Å². The van der Waals surface area contributed by atoms with Crippen LogP contribution in [0.15, 0.2) is 42.5 Å². The molecule has 0 aliphatic carbocycles. The lowest BCUT2D eigenvalue weighted by Crippen LogP contribution is -2.10. The zero-order chi connectivity index (χ0) is 17.5. The van der Waals surface area contributed by atoms with Crippen LogP contribution in [0.25, 0.3) is 6.08 Å². The number of ether oxygens (including phenoxy) is 1. The van der Waals surface area contributed by atoms with Crippen LogP contribution in [-0.4, -0.2) is 12.5 Å². The van der Waals surface area contributed by atoms with Crippen molar-refractivity contribution in [2.45, 2.75) is 27.2 Å². The van der Waals surface area contributed by atoms with Crippen molar-refractivity contribution in [2.24, 2.45) is 0 Å². The summed E-state index contributed by atoms with van der Waals surface area (Å²) in [5, 5.41) is 2.92. The van der Waals surface area contributed by atoms with Crippen molar-refractivity contribution in [2.75, 3.05) is 17.7 Å². The van der Waals surface area contributed by atoms with Crippen LogP contribution in [0.3, 0.4) is 0 Å². The zero-order valence-corrected chi connectivity index (χ0v) is 14.4. The Morgan fingerprint density at radius 3 is 2.54 bits per heavy atom. The molecule has 0 aliphatic heterocycles. The van der Waals surface area contributed by atoms with E-state index >= 15 is 0 Å². The number of nitrogens with one attached hydrogen (secondary N) is 1. The first kappa shape index (κ1) is 17.6. The lowest BCUT2D eigenvalue weighted by atomic mass is 10.1. The maximum atomic E-state index is 12.1. The van der Waals surface area contributed by atoms with Crippen LogP contribution in [0, 0.1) is 13.8 Å². The van der Waals surface area contributed by atoms with E-state index < -0.39 is 0 Å². The van der Waals surface area contributed by atoms with E-state index in [1.165, 1.54) is 6.08 Å². The molecule has 0 fully saturated rings. The van der Waals surface area contributed by atoms with E-state index in [2.05, 4.69) is 5.32 Å². The number of hydrogen-bond donors (Lipinski definition) is 2. The molecule has 0 spiro atoms. The van der Waals surface area contributed by atoms with Gasteiger partial charge in [-0.25, -0.2) is 0 Å². The van der Waals surface area contributed by atoms with E-state index in [-0.39, 0.29) is 5.91 Å². The normalized spacial score (nSPS) is 10.8. The summed E-state index contributed by atoms with van der Waals surface area (Å²) < 4.78 is 5.54. The van der Waals surface area contributed by atoms with E-state index in [1.807, 2.05) is 51.1 Å². The molecule has 2 aromatic rings. The van der Waals surface area contributed by atoms with Gasteiger partial charge in [-0.05, 0) is 55.2 Å². The molecular weight excluding hydrogens is 300 g/mol. The fourth-order valence-electron chi connectivity index (χ4n) is 2.36. The highest BCUT2D eigenvalue weighted by molar-refractivity contribution is 6.02. The van der Waals surface area contributed by atoms with Gasteiger partial charge in [-0.1, -0.05) is 31.2 Å². The lowest BCUT2D eigenvalue weighted by molar-refractivity contribution is -0.111. The Bertz CT molecular complexity index is 731. The summed E-state index contributed by atoms with van der Waals surface area (Å²) in [4.78, 5) is 12.1. The number of hydrogen-bond acceptors (Lipinski definition) is 3. The van der Waals surface area contributed by atoms with Crippen LogP contribution in [0.5, 0.6) is 5.75 Å². The molecule has 0 saturated heterocycles. The van der Waals surface area contributed by atoms with Crippen molar-refractivity contribution >= 4 is 23.4 Å². The Kier molecular flexibility index (Phi) is 6.01. The minimum atomic E-state index is -0.169. The molecule has 4 nitrogen and oxygen atoms in total. The van der Waals surface area contributed by atoms with Gasteiger partial charge in [0.25, 0.3) is 0 Å². The van der Waals surface area contributed by atoms with Gasteiger partial charge in [0.2, 0.25) is 5.91 Å². The van der Waals surface area contributed by atoms with Crippen molar-refractivity contribution < 1.29 is 9.53 Å². The standard InChI is InChI=1S/C20H24N2O2/c1-4-12-24-18-10-8-16(13-17(18)21)9-11-19(23)22-20-14(2)6-5-7-15(20)3/h5-11,13H,4,12,21H2,1-3H3,(H,22,23)/b11-9-. The Morgan fingerprint density at radius 2 is 1.92 bits per heavy atom. The van der Waals surface area contributed by atoms with E-state index in [1.54, 1.807) is 12.1 Å². The first-order chi connectivity index (χ1) is 11.5. The second-order valence-corrected chi connectivity index (χ2v) is 5.74. The number of carbonyl (C=O) groups is 1. The van der Waals surface area contributed by atoms with Crippen molar-refractivity contribution in [3.63, 3.8) is 0 Å². The number of aryl methyl sites for hydroxylation is 2. The quantitative estimate of drug-likeness (QED) is 0.614. The molecule has 0 heterocycles. The molecule has 2 rings (SSSR count). The molecule has 0 atom stereocenters. The minimum absolute atomic E-state index is 0.169. The minimum Gasteiger partial charge on any atom is -0.491 e. The average Bonchev–Trinajstić information content (AvgIpc) is 2.55. The Hall–Kier alpha value is -2.75. The number of carbonyl (C=O) groups excluding carboxylic acids is 1. The van der Waals surface area contributed by atoms with E-state index in [9.17, 15) is 4.79 Å². The summed E-state index contributed by atoms with van der Waals surface area (Å²) in [5.74, 6) is 0.506. The van der Waals surface area contributed by atoms with Gasteiger partial charge in [-0.3, -0.25) is 4.79 Å². The molecule has 0 unspecified atom stereocenters. The van der Waals surface area contributed by atoms with Gasteiger partial charge in [-0.15, -0.1) is 0 Å². The van der Waals surface area contributed by atoms with Gasteiger partial charge in [-0.2, -0.15) is 0 Å². The van der Waals surface area contributed by atoms with Crippen molar-refractivity contribution in [1.29, 1.82) is 0 Å². The molecule has 126 valence electrons. The van der Waals surface area contributed by atoms with Gasteiger partial charge in [0.05, 0.1) is 12.3 Å². The highest BCUT2D eigenvalue weighted by Gasteiger charge is 2.05. The van der Waals surface area contributed by atoms with Gasteiger partial charge in [0.15, 0.2) is 0 Å². The molecule has 0 radical (unpaired) electrons. The predicted octanol–water partition coefficient (Wildman–Crippen LogP) is 4.33. The second kappa shape index (κ2) is 8.20. The second-order valence-electron chi connectivity index (χ2n) is 5.74. The summed E-state index contributed by atoms with van der Waals surface area (Å²) in [5.41, 5.74) is 10.3. The van der Waals surface area contributed by atoms with E-state index in [0.717, 1.165) is 28.8 Å². The highest BCUT2D eigenvalue weighted by atomic mass is 16.5. The maximum absolute atomic E-state index is 12.1. The van der Waals surface area contributed by atoms with Gasteiger partial charge in [0, 0.05) is 11.8 Å². The third-order valence-electron chi connectivity index (χ3n) is 3.65. The monoisotopic (exact) mass is 324 g/mol.